The monoisotopic (exact) mass is 203 g/mol. The van der Waals surface area contributed by atoms with Crippen molar-refractivity contribution in [2.75, 3.05) is 12.8 Å². The molecule has 0 bridgehead atoms. The first-order valence-electron chi connectivity index (χ1n) is 3.91. The highest BCUT2D eigenvalue weighted by atomic mass is 19.3. The first kappa shape index (κ1) is 10.6. The average molecular weight is 203 g/mol. The number of nitrogens with zero attached hydrogens (tertiary/aromatic N) is 1. The van der Waals surface area contributed by atoms with Gasteiger partial charge in [0.25, 0.3) is 6.43 Å². The van der Waals surface area contributed by atoms with Crippen LogP contribution in [0.2, 0.25) is 0 Å². The maximum absolute atomic E-state index is 12.4. The molecule has 0 aliphatic rings. The molecule has 1 aromatic heterocycles. The minimum atomic E-state index is -2.71. The molecule has 14 heavy (non-hydrogen) atoms. The third-order valence-corrected chi connectivity index (χ3v) is 1.80. The average Bonchev–Trinajstić information content (AvgIpc) is 2.16. The Morgan fingerprint density at radius 1 is 1.57 bits per heavy atom. The molecule has 0 fully saturated rings. The van der Waals surface area contributed by atoms with Gasteiger partial charge in [0.05, 0.1) is 7.11 Å². The highest BCUT2D eigenvalue weighted by Gasteiger charge is 2.18. The molecule has 78 valence electrons. The zero-order valence-corrected chi connectivity index (χ0v) is 7.63. The molecular weight excluding hydrogens is 192 g/mol. The minimum absolute atomic E-state index is 0.143. The number of ether oxygens (including phenoxy) is 1. The van der Waals surface area contributed by atoms with E-state index in [2.05, 4.69) is 4.98 Å². The van der Waals surface area contributed by atoms with Gasteiger partial charge in [0, 0.05) is 18.3 Å². The van der Waals surface area contributed by atoms with Gasteiger partial charge >= 0.3 is 0 Å². The number of pyridine rings is 1. The van der Waals surface area contributed by atoms with Crippen LogP contribution in [0.1, 0.15) is 17.7 Å². The van der Waals surface area contributed by atoms with Crippen LogP contribution in [-0.4, -0.2) is 12.1 Å². The lowest BCUT2D eigenvalue weighted by molar-refractivity contribution is 0.146. The third kappa shape index (κ3) is 1.74. The fourth-order valence-electron chi connectivity index (χ4n) is 1.13. The Morgan fingerprint density at radius 2 is 2.21 bits per heavy atom. The van der Waals surface area contributed by atoms with Crippen LogP contribution < -0.4 is 16.2 Å². The van der Waals surface area contributed by atoms with E-state index in [9.17, 15) is 8.78 Å². The van der Waals surface area contributed by atoms with Crippen molar-refractivity contribution in [2.24, 2.45) is 5.73 Å². The Labute approximate surface area is 79.9 Å². The molecule has 0 saturated heterocycles. The SMILES string of the molecule is COc1c(CN)cnc(C(F)F)c1N. The summed E-state index contributed by atoms with van der Waals surface area (Å²) in [5.74, 6) is 0.179. The normalized spacial score (nSPS) is 10.6. The van der Waals surface area contributed by atoms with E-state index in [1.807, 2.05) is 0 Å². The van der Waals surface area contributed by atoms with Gasteiger partial charge in [-0.05, 0) is 0 Å². The maximum atomic E-state index is 12.4. The van der Waals surface area contributed by atoms with Gasteiger partial charge in [-0.15, -0.1) is 0 Å². The van der Waals surface area contributed by atoms with E-state index in [0.29, 0.717) is 5.56 Å². The molecule has 4 N–H and O–H groups in total. The number of anilines is 1. The number of rotatable bonds is 3. The van der Waals surface area contributed by atoms with Gasteiger partial charge < -0.3 is 16.2 Å². The predicted octanol–water partition coefficient (Wildman–Crippen LogP) is 1.07. The van der Waals surface area contributed by atoms with Crippen molar-refractivity contribution in [2.45, 2.75) is 13.0 Å². The number of nitrogen functional groups attached to an aromatic ring is 1. The van der Waals surface area contributed by atoms with Crippen molar-refractivity contribution in [1.82, 2.24) is 4.98 Å². The summed E-state index contributed by atoms with van der Waals surface area (Å²) in [6, 6.07) is 0. The van der Waals surface area contributed by atoms with E-state index < -0.39 is 12.1 Å². The second kappa shape index (κ2) is 4.19. The van der Waals surface area contributed by atoms with Gasteiger partial charge in [0.1, 0.15) is 17.1 Å². The van der Waals surface area contributed by atoms with Crippen LogP contribution in [0.4, 0.5) is 14.5 Å². The van der Waals surface area contributed by atoms with Crippen LogP contribution >= 0.6 is 0 Å². The molecule has 0 aliphatic heterocycles. The Balaban J connectivity index is 3.27. The number of methoxy groups -OCH3 is 1. The van der Waals surface area contributed by atoms with Crippen LogP contribution in [0.15, 0.2) is 6.20 Å². The van der Waals surface area contributed by atoms with Gasteiger partial charge in [-0.2, -0.15) is 0 Å². The quantitative estimate of drug-likeness (QED) is 0.770. The highest BCUT2D eigenvalue weighted by molar-refractivity contribution is 5.59. The van der Waals surface area contributed by atoms with Crippen molar-refractivity contribution in [3.63, 3.8) is 0 Å². The molecular formula is C8H11F2N3O. The van der Waals surface area contributed by atoms with E-state index in [0.717, 1.165) is 0 Å². The molecule has 1 rings (SSSR count). The van der Waals surface area contributed by atoms with E-state index in [1.165, 1.54) is 13.3 Å². The molecule has 4 nitrogen and oxygen atoms in total. The summed E-state index contributed by atoms with van der Waals surface area (Å²) in [5.41, 5.74) is 10.7. The molecule has 1 aromatic rings. The fraction of sp³-hybridized carbons (Fsp3) is 0.375. The summed E-state index contributed by atoms with van der Waals surface area (Å²) in [4.78, 5) is 3.52. The second-order valence-electron chi connectivity index (χ2n) is 2.62. The number of hydrogen-bond acceptors (Lipinski definition) is 4. The molecule has 0 amide bonds. The summed E-state index contributed by atoms with van der Waals surface area (Å²) in [5, 5.41) is 0. The van der Waals surface area contributed by atoms with Crippen LogP contribution in [0, 0.1) is 0 Å². The van der Waals surface area contributed by atoms with Gasteiger partial charge in [-0.3, -0.25) is 4.98 Å². The lowest BCUT2D eigenvalue weighted by Gasteiger charge is -2.12. The second-order valence-corrected chi connectivity index (χ2v) is 2.62. The Bertz CT molecular complexity index is 331. The standard InChI is InChI=1S/C8H11F2N3O/c1-14-7-4(2-11)3-13-6(5(7)12)8(9)10/h3,8H,2,11-12H2,1H3. The fourth-order valence-corrected chi connectivity index (χ4v) is 1.13. The van der Waals surface area contributed by atoms with E-state index in [4.69, 9.17) is 16.2 Å². The number of alkyl halides is 2. The molecule has 0 aromatic carbocycles. The van der Waals surface area contributed by atoms with E-state index in [1.54, 1.807) is 0 Å². The van der Waals surface area contributed by atoms with Crippen molar-refractivity contribution in [3.8, 4) is 5.75 Å². The Morgan fingerprint density at radius 3 is 2.64 bits per heavy atom. The topological polar surface area (TPSA) is 74.2 Å². The van der Waals surface area contributed by atoms with E-state index >= 15 is 0 Å². The molecule has 0 radical (unpaired) electrons. The maximum Gasteiger partial charge on any atom is 0.282 e. The molecule has 0 spiro atoms. The van der Waals surface area contributed by atoms with Crippen LogP contribution in [0.5, 0.6) is 5.75 Å². The van der Waals surface area contributed by atoms with E-state index in [-0.39, 0.29) is 18.0 Å². The van der Waals surface area contributed by atoms with Crippen LogP contribution in [0.3, 0.4) is 0 Å². The van der Waals surface area contributed by atoms with Crippen LogP contribution in [-0.2, 0) is 6.54 Å². The van der Waals surface area contributed by atoms with Crippen molar-refractivity contribution in [3.05, 3.63) is 17.5 Å². The molecule has 0 saturated carbocycles. The summed E-state index contributed by atoms with van der Waals surface area (Å²) < 4.78 is 29.6. The van der Waals surface area contributed by atoms with Crippen LogP contribution in [0.25, 0.3) is 0 Å². The zero-order valence-electron chi connectivity index (χ0n) is 7.63. The van der Waals surface area contributed by atoms with Crippen molar-refractivity contribution in [1.29, 1.82) is 0 Å². The Kier molecular flexibility index (Phi) is 3.19. The number of hydrogen-bond donors (Lipinski definition) is 2. The minimum Gasteiger partial charge on any atom is -0.494 e. The van der Waals surface area contributed by atoms with Crippen molar-refractivity contribution < 1.29 is 13.5 Å². The number of nitrogens with two attached hydrogens (primary N) is 2. The predicted molar refractivity (Wildman–Crippen MR) is 48.0 cm³/mol. The first-order chi connectivity index (χ1) is 6.61. The van der Waals surface area contributed by atoms with Gasteiger partial charge in [-0.25, -0.2) is 8.78 Å². The Hall–Kier alpha value is -1.43. The number of halogens is 2. The summed E-state index contributed by atoms with van der Waals surface area (Å²) >= 11 is 0. The lowest BCUT2D eigenvalue weighted by atomic mass is 10.2. The van der Waals surface area contributed by atoms with Gasteiger partial charge in [0.15, 0.2) is 0 Å². The molecule has 0 atom stereocenters. The summed E-state index contributed by atoms with van der Waals surface area (Å²) in [6.07, 6.45) is -1.47. The zero-order chi connectivity index (χ0) is 10.7. The first-order valence-corrected chi connectivity index (χ1v) is 3.91. The third-order valence-electron chi connectivity index (χ3n) is 1.80. The van der Waals surface area contributed by atoms with Gasteiger partial charge in [-0.1, -0.05) is 0 Å². The number of aromatic nitrogens is 1. The highest BCUT2D eigenvalue weighted by Crippen LogP contribution is 2.32. The van der Waals surface area contributed by atoms with Gasteiger partial charge in [0.2, 0.25) is 0 Å². The molecule has 0 unspecified atom stereocenters. The van der Waals surface area contributed by atoms with Crippen molar-refractivity contribution >= 4 is 5.69 Å². The molecule has 1 heterocycles. The summed E-state index contributed by atoms with van der Waals surface area (Å²) in [6.45, 7) is 0.143. The summed E-state index contributed by atoms with van der Waals surface area (Å²) in [7, 11) is 1.35. The largest absolute Gasteiger partial charge is 0.494 e. The lowest BCUT2D eigenvalue weighted by Crippen LogP contribution is -2.07. The molecule has 0 aliphatic carbocycles. The smallest absolute Gasteiger partial charge is 0.282 e. The molecule has 6 heteroatoms.